The first-order valence-corrected chi connectivity index (χ1v) is 15.3. The molecule has 2 fully saturated rings. The van der Waals surface area contributed by atoms with Crippen LogP contribution in [0.15, 0.2) is 82.5 Å². The van der Waals surface area contributed by atoms with E-state index >= 15 is 9.59 Å². The number of Topliss-reactive ketones (excluding diaryl/α,β-unsaturated/α-hetero) is 3. The van der Waals surface area contributed by atoms with E-state index in [4.69, 9.17) is 0 Å². The van der Waals surface area contributed by atoms with Gasteiger partial charge in [0.1, 0.15) is 16.7 Å². The first-order chi connectivity index (χ1) is 19.6. The molecule has 3 rings (SSSR count). The van der Waals surface area contributed by atoms with Crippen molar-refractivity contribution in [2.75, 3.05) is 0 Å². The Balaban J connectivity index is 2.49. The van der Waals surface area contributed by atoms with Crippen molar-refractivity contribution in [3.63, 3.8) is 0 Å². The number of fused-ring (bicyclic) bond motifs is 2. The van der Waals surface area contributed by atoms with Gasteiger partial charge in [0.2, 0.25) is 0 Å². The third-order valence-corrected chi connectivity index (χ3v) is 9.56. The molecule has 0 aliphatic heterocycles. The van der Waals surface area contributed by atoms with Gasteiger partial charge in [0.25, 0.3) is 0 Å². The Hall–Kier alpha value is -3.27. The summed E-state index contributed by atoms with van der Waals surface area (Å²) >= 11 is 0. The Kier molecular flexibility index (Phi) is 10.2. The van der Waals surface area contributed by atoms with Crippen LogP contribution in [0.5, 0.6) is 0 Å². The van der Waals surface area contributed by atoms with E-state index in [0.29, 0.717) is 24.8 Å². The number of rotatable bonds is 10. The molecule has 0 aromatic heterocycles. The van der Waals surface area contributed by atoms with Crippen LogP contribution in [0, 0.1) is 22.2 Å². The van der Waals surface area contributed by atoms with Gasteiger partial charge in [-0.1, -0.05) is 83.9 Å². The van der Waals surface area contributed by atoms with Crippen LogP contribution < -0.4 is 0 Å². The number of hydrogen-bond acceptors (Lipinski definition) is 4. The van der Waals surface area contributed by atoms with Crippen molar-refractivity contribution < 1.29 is 19.5 Å². The second kappa shape index (κ2) is 12.9. The van der Waals surface area contributed by atoms with Crippen LogP contribution >= 0.6 is 0 Å². The van der Waals surface area contributed by atoms with Gasteiger partial charge in [-0.15, -0.1) is 0 Å². The largest absolute Gasteiger partial charge is 0.506 e. The Morgan fingerprint density at radius 1 is 0.786 bits per heavy atom. The average molecular weight is 571 g/mol. The molecule has 2 aliphatic rings. The summed E-state index contributed by atoms with van der Waals surface area (Å²) in [5.74, 6) is -1.72. The number of aliphatic hydroxyl groups excluding tert-OH is 1. The number of allylic oxidation sites excluding steroid dienone is 9. The third kappa shape index (κ3) is 5.96. The normalized spacial score (nSPS) is 28.1. The van der Waals surface area contributed by atoms with E-state index in [0.717, 1.165) is 17.6 Å². The molecule has 2 bridgehead atoms. The van der Waals surface area contributed by atoms with Crippen LogP contribution in [0.4, 0.5) is 0 Å². The van der Waals surface area contributed by atoms with Gasteiger partial charge in [-0.25, -0.2) is 0 Å². The number of aliphatic hydroxyl groups is 1. The highest BCUT2D eigenvalue weighted by atomic mass is 16.3. The fourth-order valence-corrected chi connectivity index (χ4v) is 7.05. The predicted octanol–water partition coefficient (Wildman–Crippen LogP) is 9.49. The molecule has 4 nitrogen and oxygen atoms in total. The smallest absolute Gasteiger partial charge is 0.184 e. The topological polar surface area (TPSA) is 71.4 Å². The molecule has 1 N–H and O–H groups in total. The molecule has 0 radical (unpaired) electrons. The van der Waals surface area contributed by atoms with Crippen molar-refractivity contribution in [2.45, 2.75) is 101 Å². The van der Waals surface area contributed by atoms with Gasteiger partial charge in [0.05, 0.1) is 5.41 Å². The maximum atomic E-state index is 15.2. The molecular formula is C38H50O4. The van der Waals surface area contributed by atoms with Crippen molar-refractivity contribution in [1.29, 1.82) is 0 Å². The van der Waals surface area contributed by atoms with Crippen LogP contribution in [-0.4, -0.2) is 22.5 Å². The molecule has 42 heavy (non-hydrogen) atoms. The lowest BCUT2D eigenvalue weighted by atomic mass is 9.37. The minimum atomic E-state index is -1.49. The van der Waals surface area contributed by atoms with Crippen LogP contribution in [0.25, 0.3) is 5.76 Å². The van der Waals surface area contributed by atoms with Crippen molar-refractivity contribution in [1.82, 2.24) is 0 Å². The Morgan fingerprint density at radius 2 is 1.33 bits per heavy atom. The maximum absolute atomic E-state index is 15.2. The molecule has 226 valence electrons. The van der Waals surface area contributed by atoms with E-state index in [1.807, 2.05) is 45.9 Å². The standard InChI is InChI=1S/C38H50O4/c1-25(2)14-13-21-36(9)30(18-17-26(3)4)24-37(22-19-27(5)6)33(40)31(32(39)29-15-11-10-12-16-29)34(41)38(36,35(37)42)23-20-28(7)8/h10-12,14-17,19-20,30,39H,13,18,21-24H2,1-9H3/b32-31+/t30-,36+,37+,38-/m1/s1. The van der Waals surface area contributed by atoms with E-state index in [1.165, 1.54) is 11.1 Å². The number of benzene rings is 1. The highest BCUT2D eigenvalue weighted by molar-refractivity contribution is 6.41. The second-order valence-electron chi connectivity index (χ2n) is 13.7. The van der Waals surface area contributed by atoms with Gasteiger partial charge in [-0.2, -0.15) is 0 Å². The third-order valence-electron chi connectivity index (χ3n) is 9.56. The summed E-state index contributed by atoms with van der Waals surface area (Å²) in [6, 6.07) is 8.77. The van der Waals surface area contributed by atoms with Gasteiger partial charge in [-0.3, -0.25) is 14.4 Å². The SMILES string of the molecule is CC(C)=CCC[C@@]1(C)[C@H](CC=C(C)C)C[C@@]2(CC=C(C)C)C(=O)/C(=C(\O)c3ccccc3)C(=O)[C@]1(CC=C(C)C)C2=O. The van der Waals surface area contributed by atoms with Gasteiger partial charge in [-0.05, 0) is 105 Å². The van der Waals surface area contributed by atoms with Crippen LogP contribution in [0.2, 0.25) is 0 Å². The summed E-state index contributed by atoms with van der Waals surface area (Å²) < 4.78 is 0. The van der Waals surface area contributed by atoms with Gasteiger partial charge < -0.3 is 5.11 Å². The lowest BCUT2D eigenvalue weighted by molar-refractivity contribution is -0.178. The molecule has 0 spiro atoms. The van der Waals surface area contributed by atoms with Crippen molar-refractivity contribution in [3.05, 3.63) is 88.1 Å². The Morgan fingerprint density at radius 3 is 1.88 bits per heavy atom. The Bertz CT molecular complexity index is 1370. The van der Waals surface area contributed by atoms with Crippen molar-refractivity contribution in [2.24, 2.45) is 22.2 Å². The van der Waals surface area contributed by atoms with E-state index in [2.05, 4.69) is 46.8 Å². The van der Waals surface area contributed by atoms with E-state index in [9.17, 15) is 9.90 Å². The molecular weight excluding hydrogens is 520 g/mol. The highest BCUT2D eigenvalue weighted by Gasteiger charge is 2.74. The monoisotopic (exact) mass is 570 g/mol. The number of carbonyl (C=O) groups excluding carboxylic acids is 3. The van der Waals surface area contributed by atoms with Gasteiger partial charge in [0.15, 0.2) is 17.3 Å². The first kappa shape index (κ1) is 33.2. The highest BCUT2D eigenvalue weighted by Crippen LogP contribution is 2.67. The zero-order valence-corrected chi connectivity index (χ0v) is 27.2. The van der Waals surface area contributed by atoms with E-state index in [-0.39, 0.29) is 35.9 Å². The van der Waals surface area contributed by atoms with Crippen molar-refractivity contribution >= 4 is 23.1 Å². The molecule has 0 saturated heterocycles. The lowest BCUT2D eigenvalue weighted by Gasteiger charge is -2.61. The minimum Gasteiger partial charge on any atom is -0.506 e. The van der Waals surface area contributed by atoms with E-state index in [1.54, 1.807) is 24.3 Å². The zero-order chi connectivity index (χ0) is 31.5. The molecule has 4 atom stereocenters. The molecule has 1 aromatic carbocycles. The van der Waals surface area contributed by atoms with Crippen LogP contribution in [0.1, 0.15) is 106 Å². The van der Waals surface area contributed by atoms with Crippen LogP contribution in [0.3, 0.4) is 0 Å². The van der Waals surface area contributed by atoms with E-state index < -0.39 is 27.8 Å². The molecule has 2 aliphatic carbocycles. The fraction of sp³-hybridized carbons (Fsp3) is 0.500. The molecule has 4 heteroatoms. The summed E-state index contributed by atoms with van der Waals surface area (Å²) in [6.07, 6.45) is 11.1. The number of hydrogen-bond donors (Lipinski definition) is 1. The summed E-state index contributed by atoms with van der Waals surface area (Å²) in [5, 5.41) is 11.6. The quantitative estimate of drug-likeness (QED) is 0.1000. The predicted molar refractivity (Wildman–Crippen MR) is 173 cm³/mol. The minimum absolute atomic E-state index is 0.0832. The molecule has 1 aromatic rings. The van der Waals surface area contributed by atoms with Crippen molar-refractivity contribution in [3.8, 4) is 0 Å². The molecule has 0 unspecified atom stereocenters. The summed E-state index contributed by atoms with van der Waals surface area (Å²) in [6.45, 7) is 18.2. The molecule has 2 saturated carbocycles. The maximum Gasteiger partial charge on any atom is 0.184 e. The molecule has 0 amide bonds. The van der Waals surface area contributed by atoms with Gasteiger partial charge >= 0.3 is 0 Å². The molecule has 0 heterocycles. The summed E-state index contributed by atoms with van der Waals surface area (Å²) in [5.41, 5.74) is 0.908. The summed E-state index contributed by atoms with van der Waals surface area (Å²) in [4.78, 5) is 44.9. The average Bonchev–Trinajstić information content (AvgIpc) is 2.91. The van der Waals surface area contributed by atoms with Gasteiger partial charge in [0, 0.05) is 5.56 Å². The first-order valence-electron chi connectivity index (χ1n) is 15.3. The second-order valence-corrected chi connectivity index (χ2v) is 13.7. The zero-order valence-electron chi connectivity index (χ0n) is 27.2. The lowest BCUT2D eigenvalue weighted by Crippen LogP contribution is -2.70. The fourth-order valence-electron chi connectivity index (χ4n) is 7.05. The Labute approximate surface area is 253 Å². The van der Waals surface area contributed by atoms with Crippen LogP contribution in [-0.2, 0) is 14.4 Å². The summed E-state index contributed by atoms with van der Waals surface area (Å²) in [7, 11) is 0. The number of carbonyl (C=O) groups is 3. The number of ketones is 3.